The molecule has 0 unspecified atom stereocenters. The van der Waals surface area contributed by atoms with E-state index in [4.69, 9.17) is 11.6 Å². The fourth-order valence-corrected chi connectivity index (χ4v) is 3.76. The second kappa shape index (κ2) is 8.27. The number of benzene rings is 2. The van der Waals surface area contributed by atoms with Crippen LogP contribution in [-0.4, -0.2) is 17.4 Å². The molecule has 0 atom stereocenters. The standard InChI is InChI=1S/C19H19ClN2OS/c20-15-6-3-5-14(13-15)10-11-18(23)21-12-4-9-19-22-16-7-1-2-8-17(16)24-19/h1-3,5-8,13H,4,9-12H2,(H,21,23). The van der Waals surface area contributed by atoms with Crippen molar-refractivity contribution in [3.05, 3.63) is 64.1 Å². The van der Waals surface area contributed by atoms with Crippen molar-refractivity contribution >= 4 is 39.1 Å². The van der Waals surface area contributed by atoms with E-state index >= 15 is 0 Å². The monoisotopic (exact) mass is 358 g/mol. The molecule has 3 aromatic rings. The molecule has 124 valence electrons. The van der Waals surface area contributed by atoms with E-state index in [1.807, 2.05) is 42.5 Å². The minimum Gasteiger partial charge on any atom is -0.356 e. The zero-order valence-corrected chi connectivity index (χ0v) is 14.9. The second-order valence-corrected chi connectivity index (χ2v) is 7.21. The van der Waals surface area contributed by atoms with Crippen LogP contribution in [0.2, 0.25) is 5.02 Å². The number of nitrogens with one attached hydrogen (secondary N) is 1. The Morgan fingerprint density at radius 3 is 2.83 bits per heavy atom. The Kier molecular flexibility index (Phi) is 5.83. The molecule has 24 heavy (non-hydrogen) atoms. The molecule has 0 fully saturated rings. The third-order valence-corrected chi connectivity index (χ3v) is 5.09. The molecule has 0 aliphatic heterocycles. The molecule has 0 radical (unpaired) electrons. The van der Waals surface area contributed by atoms with Gasteiger partial charge in [-0.25, -0.2) is 4.98 Å². The molecule has 0 saturated heterocycles. The van der Waals surface area contributed by atoms with E-state index in [1.54, 1.807) is 11.3 Å². The van der Waals surface area contributed by atoms with Gasteiger partial charge in [0, 0.05) is 24.4 Å². The Labute approximate surface area is 150 Å². The van der Waals surface area contributed by atoms with Crippen molar-refractivity contribution in [2.45, 2.75) is 25.7 Å². The van der Waals surface area contributed by atoms with Crippen LogP contribution in [0.5, 0.6) is 0 Å². The van der Waals surface area contributed by atoms with Crippen molar-refractivity contribution in [3.63, 3.8) is 0 Å². The number of fused-ring (bicyclic) bond motifs is 1. The first-order valence-electron chi connectivity index (χ1n) is 8.06. The summed E-state index contributed by atoms with van der Waals surface area (Å²) >= 11 is 7.67. The Morgan fingerprint density at radius 2 is 2.00 bits per heavy atom. The van der Waals surface area contributed by atoms with Crippen LogP contribution in [0.15, 0.2) is 48.5 Å². The van der Waals surface area contributed by atoms with Crippen molar-refractivity contribution in [2.75, 3.05) is 6.54 Å². The molecular formula is C19H19ClN2OS. The van der Waals surface area contributed by atoms with Gasteiger partial charge < -0.3 is 5.32 Å². The summed E-state index contributed by atoms with van der Waals surface area (Å²) in [4.78, 5) is 16.5. The number of amides is 1. The van der Waals surface area contributed by atoms with Gasteiger partial charge in [-0.15, -0.1) is 11.3 Å². The summed E-state index contributed by atoms with van der Waals surface area (Å²) in [6, 6.07) is 15.8. The lowest BCUT2D eigenvalue weighted by Gasteiger charge is -2.05. The number of nitrogens with zero attached hydrogens (tertiary/aromatic N) is 1. The smallest absolute Gasteiger partial charge is 0.220 e. The summed E-state index contributed by atoms with van der Waals surface area (Å²) in [6.07, 6.45) is 3.00. The van der Waals surface area contributed by atoms with Gasteiger partial charge in [-0.2, -0.15) is 0 Å². The third kappa shape index (κ3) is 4.79. The molecule has 1 N–H and O–H groups in total. The van der Waals surface area contributed by atoms with Crippen molar-refractivity contribution in [1.82, 2.24) is 10.3 Å². The van der Waals surface area contributed by atoms with Crippen molar-refractivity contribution in [1.29, 1.82) is 0 Å². The fraction of sp³-hybridized carbons (Fsp3) is 0.263. The van der Waals surface area contributed by atoms with Crippen LogP contribution >= 0.6 is 22.9 Å². The van der Waals surface area contributed by atoms with Gasteiger partial charge in [0.2, 0.25) is 5.91 Å². The molecule has 3 nitrogen and oxygen atoms in total. The molecule has 0 aliphatic carbocycles. The maximum Gasteiger partial charge on any atom is 0.220 e. The van der Waals surface area contributed by atoms with Crippen molar-refractivity contribution in [3.8, 4) is 0 Å². The fourth-order valence-electron chi connectivity index (χ4n) is 2.53. The Bertz CT molecular complexity index is 798. The first-order valence-corrected chi connectivity index (χ1v) is 9.26. The second-order valence-electron chi connectivity index (χ2n) is 5.66. The van der Waals surface area contributed by atoms with E-state index in [2.05, 4.69) is 16.4 Å². The molecule has 0 spiro atoms. The predicted octanol–water partition coefficient (Wildman–Crippen LogP) is 4.63. The van der Waals surface area contributed by atoms with E-state index in [9.17, 15) is 4.79 Å². The number of halogens is 1. The largest absolute Gasteiger partial charge is 0.356 e. The first-order chi connectivity index (χ1) is 11.7. The Hall–Kier alpha value is -1.91. The number of aryl methyl sites for hydroxylation is 2. The summed E-state index contributed by atoms with van der Waals surface area (Å²) in [5.41, 5.74) is 2.15. The number of rotatable bonds is 7. The van der Waals surface area contributed by atoms with Crippen LogP contribution < -0.4 is 5.32 Å². The molecule has 1 heterocycles. The van der Waals surface area contributed by atoms with Gasteiger partial charge in [0.25, 0.3) is 0 Å². The lowest BCUT2D eigenvalue weighted by molar-refractivity contribution is -0.121. The minimum atomic E-state index is 0.0827. The molecule has 2 aromatic carbocycles. The van der Waals surface area contributed by atoms with Gasteiger partial charge in [0.05, 0.1) is 15.2 Å². The highest BCUT2D eigenvalue weighted by molar-refractivity contribution is 7.18. The number of carbonyl (C=O) groups is 1. The lowest BCUT2D eigenvalue weighted by atomic mass is 10.1. The molecule has 3 rings (SSSR count). The van der Waals surface area contributed by atoms with E-state index in [0.717, 1.165) is 28.9 Å². The van der Waals surface area contributed by atoms with Gasteiger partial charge in [-0.1, -0.05) is 35.9 Å². The summed E-state index contributed by atoms with van der Waals surface area (Å²) in [6.45, 7) is 0.685. The third-order valence-electron chi connectivity index (χ3n) is 3.76. The quantitative estimate of drug-likeness (QED) is 0.625. The van der Waals surface area contributed by atoms with E-state index in [-0.39, 0.29) is 5.91 Å². The minimum absolute atomic E-state index is 0.0827. The molecule has 5 heteroatoms. The Balaban J connectivity index is 1.37. The SMILES string of the molecule is O=C(CCc1cccc(Cl)c1)NCCCc1nc2ccccc2s1. The number of hydrogen-bond acceptors (Lipinski definition) is 3. The lowest BCUT2D eigenvalue weighted by Crippen LogP contribution is -2.24. The number of aromatic nitrogens is 1. The molecular weight excluding hydrogens is 340 g/mol. The van der Waals surface area contributed by atoms with E-state index in [1.165, 1.54) is 4.70 Å². The highest BCUT2D eigenvalue weighted by Gasteiger charge is 2.05. The number of hydrogen-bond donors (Lipinski definition) is 1. The van der Waals surface area contributed by atoms with Crippen LogP contribution in [0.25, 0.3) is 10.2 Å². The van der Waals surface area contributed by atoms with E-state index in [0.29, 0.717) is 24.4 Å². The zero-order chi connectivity index (χ0) is 16.8. The van der Waals surface area contributed by atoms with Crippen molar-refractivity contribution in [2.24, 2.45) is 0 Å². The number of thiazole rings is 1. The van der Waals surface area contributed by atoms with Gasteiger partial charge in [-0.05, 0) is 42.7 Å². The summed E-state index contributed by atoms with van der Waals surface area (Å²) in [5, 5.41) is 4.82. The topological polar surface area (TPSA) is 42.0 Å². The highest BCUT2D eigenvalue weighted by atomic mass is 35.5. The zero-order valence-electron chi connectivity index (χ0n) is 13.3. The van der Waals surface area contributed by atoms with Gasteiger partial charge >= 0.3 is 0 Å². The van der Waals surface area contributed by atoms with Crippen LogP contribution in [0.4, 0.5) is 0 Å². The average molecular weight is 359 g/mol. The molecule has 1 amide bonds. The van der Waals surface area contributed by atoms with Crippen molar-refractivity contribution < 1.29 is 4.79 Å². The molecule has 0 saturated carbocycles. The van der Waals surface area contributed by atoms with E-state index < -0.39 is 0 Å². The maximum atomic E-state index is 11.9. The summed E-state index contributed by atoms with van der Waals surface area (Å²) in [5.74, 6) is 0.0827. The Morgan fingerprint density at radius 1 is 1.12 bits per heavy atom. The van der Waals surface area contributed by atoms with Crippen LogP contribution in [0.3, 0.4) is 0 Å². The molecule has 0 bridgehead atoms. The van der Waals surface area contributed by atoms with Gasteiger partial charge in [-0.3, -0.25) is 4.79 Å². The normalized spacial score (nSPS) is 10.9. The summed E-state index contributed by atoms with van der Waals surface area (Å²) in [7, 11) is 0. The van der Waals surface area contributed by atoms with Gasteiger partial charge in [0.1, 0.15) is 0 Å². The first kappa shape index (κ1) is 16.9. The highest BCUT2D eigenvalue weighted by Crippen LogP contribution is 2.22. The number of carbonyl (C=O) groups excluding carboxylic acids is 1. The van der Waals surface area contributed by atoms with Crippen LogP contribution in [0.1, 0.15) is 23.4 Å². The maximum absolute atomic E-state index is 11.9. The average Bonchev–Trinajstić information content (AvgIpc) is 3.00. The van der Waals surface area contributed by atoms with Crippen LogP contribution in [-0.2, 0) is 17.6 Å². The predicted molar refractivity (Wildman–Crippen MR) is 101 cm³/mol. The van der Waals surface area contributed by atoms with Crippen LogP contribution in [0, 0.1) is 0 Å². The summed E-state index contributed by atoms with van der Waals surface area (Å²) < 4.78 is 1.22. The molecule has 0 aliphatic rings. The van der Waals surface area contributed by atoms with Gasteiger partial charge in [0.15, 0.2) is 0 Å². The number of para-hydroxylation sites is 1. The molecule has 1 aromatic heterocycles.